The van der Waals surface area contributed by atoms with E-state index in [1.165, 1.54) is 12.1 Å². The van der Waals surface area contributed by atoms with E-state index in [0.29, 0.717) is 6.42 Å². The third-order valence-corrected chi connectivity index (χ3v) is 4.00. The fourth-order valence-electron chi connectivity index (χ4n) is 1.93. The van der Waals surface area contributed by atoms with Crippen LogP contribution in [0.2, 0.25) is 0 Å². The van der Waals surface area contributed by atoms with Gasteiger partial charge in [0.05, 0.1) is 12.5 Å². The number of para-hydroxylation sites is 1. The first-order valence-electron chi connectivity index (χ1n) is 5.82. The standard InChI is InChI=1S/C15H13BrClFO/c1-19-15-5-3-2-4-10(15)8-14(17)12-9-11(18)6-7-13(12)16/h2-7,9,14H,8H2,1H3. The van der Waals surface area contributed by atoms with E-state index in [4.69, 9.17) is 16.3 Å². The van der Waals surface area contributed by atoms with Gasteiger partial charge in [0.2, 0.25) is 0 Å². The Bertz CT molecular complexity index is 574. The minimum atomic E-state index is -0.318. The van der Waals surface area contributed by atoms with Crippen molar-refractivity contribution in [1.82, 2.24) is 0 Å². The van der Waals surface area contributed by atoms with Gasteiger partial charge in [-0.05, 0) is 41.8 Å². The van der Waals surface area contributed by atoms with Crippen molar-refractivity contribution in [3.05, 3.63) is 63.9 Å². The average molecular weight is 344 g/mol. The SMILES string of the molecule is COc1ccccc1CC(Cl)c1cc(F)ccc1Br. The van der Waals surface area contributed by atoms with E-state index in [1.807, 2.05) is 24.3 Å². The molecule has 0 spiro atoms. The zero-order valence-electron chi connectivity index (χ0n) is 10.4. The van der Waals surface area contributed by atoms with E-state index in [-0.39, 0.29) is 11.2 Å². The van der Waals surface area contributed by atoms with Crippen molar-refractivity contribution in [3.8, 4) is 5.75 Å². The van der Waals surface area contributed by atoms with E-state index in [1.54, 1.807) is 13.2 Å². The molecular formula is C15H13BrClFO. The summed E-state index contributed by atoms with van der Waals surface area (Å²) in [6.45, 7) is 0. The van der Waals surface area contributed by atoms with E-state index in [2.05, 4.69) is 15.9 Å². The molecule has 0 saturated carbocycles. The maximum absolute atomic E-state index is 13.3. The molecule has 0 aromatic heterocycles. The highest BCUT2D eigenvalue weighted by molar-refractivity contribution is 9.10. The summed E-state index contributed by atoms with van der Waals surface area (Å²) in [6.07, 6.45) is 0.577. The zero-order valence-corrected chi connectivity index (χ0v) is 12.7. The topological polar surface area (TPSA) is 9.23 Å². The summed E-state index contributed by atoms with van der Waals surface area (Å²) >= 11 is 9.79. The smallest absolute Gasteiger partial charge is 0.123 e. The maximum Gasteiger partial charge on any atom is 0.123 e. The molecule has 1 atom stereocenters. The van der Waals surface area contributed by atoms with Gasteiger partial charge in [0.1, 0.15) is 11.6 Å². The summed E-state index contributed by atoms with van der Waals surface area (Å²) in [5.41, 5.74) is 1.74. The fraction of sp³-hybridized carbons (Fsp3) is 0.200. The minimum absolute atomic E-state index is 0.288. The van der Waals surface area contributed by atoms with Gasteiger partial charge in [0.15, 0.2) is 0 Å². The highest BCUT2D eigenvalue weighted by Crippen LogP contribution is 2.33. The molecule has 0 aliphatic heterocycles. The monoisotopic (exact) mass is 342 g/mol. The van der Waals surface area contributed by atoms with E-state index >= 15 is 0 Å². The van der Waals surface area contributed by atoms with Crippen LogP contribution in [-0.4, -0.2) is 7.11 Å². The minimum Gasteiger partial charge on any atom is -0.496 e. The molecule has 2 rings (SSSR count). The van der Waals surface area contributed by atoms with Crippen molar-refractivity contribution in [2.45, 2.75) is 11.8 Å². The van der Waals surface area contributed by atoms with E-state index in [0.717, 1.165) is 21.3 Å². The Balaban J connectivity index is 2.25. The summed E-state index contributed by atoms with van der Waals surface area (Å²) < 4.78 is 19.4. The lowest BCUT2D eigenvalue weighted by Crippen LogP contribution is -2.00. The molecular weight excluding hydrogens is 331 g/mol. The number of methoxy groups -OCH3 is 1. The number of ether oxygens (including phenoxy) is 1. The molecule has 19 heavy (non-hydrogen) atoms. The van der Waals surface area contributed by atoms with E-state index < -0.39 is 0 Å². The van der Waals surface area contributed by atoms with Gasteiger partial charge in [-0.25, -0.2) is 4.39 Å². The summed E-state index contributed by atoms with van der Waals surface area (Å²) in [4.78, 5) is 0. The Morgan fingerprint density at radius 1 is 1.26 bits per heavy atom. The van der Waals surface area contributed by atoms with Crippen LogP contribution in [0.5, 0.6) is 5.75 Å². The van der Waals surface area contributed by atoms with Crippen molar-refractivity contribution >= 4 is 27.5 Å². The first-order chi connectivity index (χ1) is 9.11. The van der Waals surface area contributed by atoms with Gasteiger partial charge in [0.25, 0.3) is 0 Å². The van der Waals surface area contributed by atoms with Crippen molar-refractivity contribution in [2.75, 3.05) is 7.11 Å². The van der Waals surface area contributed by atoms with Crippen LogP contribution in [0.1, 0.15) is 16.5 Å². The van der Waals surface area contributed by atoms with Crippen molar-refractivity contribution in [2.24, 2.45) is 0 Å². The molecule has 0 aliphatic rings. The van der Waals surface area contributed by atoms with Crippen LogP contribution in [0.25, 0.3) is 0 Å². The molecule has 1 unspecified atom stereocenters. The molecule has 1 nitrogen and oxygen atoms in total. The van der Waals surface area contributed by atoms with Crippen molar-refractivity contribution in [3.63, 3.8) is 0 Å². The van der Waals surface area contributed by atoms with Gasteiger partial charge in [-0.2, -0.15) is 0 Å². The Hall–Kier alpha value is -1.06. The van der Waals surface area contributed by atoms with Crippen LogP contribution in [0.4, 0.5) is 4.39 Å². The maximum atomic E-state index is 13.3. The lowest BCUT2D eigenvalue weighted by atomic mass is 10.0. The summed E-state index contributed by atoms with van der Waals surface area (Å²) in [5, 5.41) is -0.318. The number of alkyl halides is 1. The molecule has 2 aromatic rings. The molecule has 2 aromatic carbocycles. The Kier molecular flexibility index (Phi) is 4.83. The normalized spacial score (nSPS) is 12.2. The van der Waals surface area contributed by atoms with Crippen molar-refractivity contribution < 1.29 is 9.13 Å². The molecule has 4 heteroatoms. The van der Waals surface area contributed by atoms with E-state index in [9.17, 15) is 4.39 Å². The second-order valence-corrected chi connectivity index (χ2v) is 5.53. The largest absolute Gasteiger partial charge is 0.496 e. The second-order valence-electron chi connectivity index (χ2n) is 4.15. The molecule has 0 aliphatic carbocycles. The van der Waals surface area contributed by atoms with Crippen LogP contribution in [-0.2, 0) is 6.42 Å². The molecule has 0 saturated heterocycles. The summed E-state index contributed by atoms with van der Waals surface area (Å²) in [6, 6.07) is 12.2. The third-order valence-electron chi connectivity index (χ3n) is 2.89. The highest BCUT2D eigenvalue weighted by Gasteiger charge is 2.15. The number of benzene rings is 2. The van der Waals surface area contributed by atoms with Crippen LogP contribution in [0, 0.1) is 5.82 Å². The first-order valence-corrected chi connectivity index (χ1v) is 7.05. The molecule has 0 N–H and O–H groups in total. The van der Waals surface area contributed by atoms with Gasteiger partial charge >= 0.3 is 0 Å². The first kappa shape index (κ1) is 14.4. The Morgan fingerprint density at radius 3 is 2.74 bits per heavy atom. The number of halogens is 3. The van der Waals surface area contributed by atoms with Gasteiger partial charge in [-0.3, -0.25) is 0 Å². The van der Waals surface area contributed by atoms with Gasteiger partial charge in [-0.15, -0.1) is 11.6 Å². The average Bonchev–Trinajstić information content (AvgIpc) is 2.42. The Morgan fingerprint density at radius 2 is 2.00 bits per heavy atom. The predicted molar refractivity (Wildman–Crippen MR) is 79.4 cm³/mol. The lowest BCUT2D eigenvalue weighted by molar-refractivity contribution is 0.409. The molecule has 0 fully saturated rings. The number of hydrogen-bond acceptors (Lipinski definition) is 1. The summed E-state index contributed by atoms with van der Waals surface area (Å²) in [7, 11) is 1.63. The van der Waals surface area contributed by atoms with Crippen LogP contribution in [0.3, 0.4) is 0 Å². The highest BCUT2D eigenvalue weighted by atomic mass is 79.9. The third kappa shape index (κ3) is 3.48. The lowest BCUT2D eigenvalue weighted by Gasteiger charge is -2.14. The molecule has 0 amide bonds. The zero-order chi connectivity index (χ0) is 13.8. The van der Waals surface area contributed by atoms with Gasteiger partial charge in [-0.1, -0.05) is 34.1 Å². The van der Waals surface area contributed by atoms with Gasteiger partial charge in [0, 0.05) is 4.47 Å². The predicted octanol–water partition coefficient (Wildman–Crippen LogP) is 5.12. The quantitative estimate of drug-likeness (QED) is 0.700. The van der Waals surface area contributed by atoms with Crippen LogP contribution in [0.15, 0.2) is 46.9 Å². The van der Waals surface area contributed by atoms with Crippen LogP contribution < -0.4 is 4.74 Å². The second kappa shape index (κ2) is 6.40. The fourth-order valence-corrected chi connectivity index (χ4v) is 2.93. The van der Waals surface area contributed by atoms with Crippen LogP contribution >= 0.6 is 27.5 Å². The molecule has 0 heterocycles. The summed E-state index contributed by atoms with van der Waals surface area (Å²) in [5.74, 6) is 0.504. The molecule has 0 radical (unpaired) electrons. The van der Waals surface area contributed by atoms with Gasteiger partial charge < -0.3 is 4.74 Å². The van der Waals surface area contributed by atoms with Crippen molar-refractivity contribution in [1.29, 1.82) is 0 Å². The number of rotatable bonds is 4. The molecule has 100 valence electrons. The molecule has 0 bridgehead atoms. The number of hydrogen-bond donors (Lipinski definition) is 0. The Labute approximate surface area is 125 Å².